The second-order valence-corrected chi connectivity index (χ2v) is 4.87. The minimum absolute atomic E-state index is 0.0630. The lowest BCUT2D eigenvalue weighted by Crippen LogP contribution is -2.26. The van der Waals surface area contributed by atoms with Crippen molar-refractivity contribution in [3.63, 3.8) is 0 Å². The number of benzene rings is 1. The number of nitrogens with zero attached hydrogens (tertiary/aromatic N) is 3. The standard InChI is InChI=1S/C14H14N4O3S/c1-17-12(20)10(13(21)18(2)14(17)22)8-15-16-11(19)9-6-4-3-5-7-9/h3-8,20H,1-2H3,(H,16,19). The van der Waals surface area contributed by atoms with Crippen molar-refractivity contribution in [3.8, 4) is 5.88 Å². The van der Waals surface area contributed by atoms with Crippen LogP contribution in [0.4, 0.5) is 0 Å². The molecule has 0 atom stereocenters. The Labute approximate surface area is 131 Å². The number of carbonyl (C=O) groups excluding carboxylic acids is 1. The molecule has 0 fully saturated rings. The average Bonchev–Trinajstić information content (AvgIpc) is 2.55. The molecular weight excluding hydrogens is 304 g/mol. The van der Waals surface area contributed by atoms with E-state index in [-0.39, 0.29) is 16.2 Å². The fourth-order valence-electron chi connectivity index (χ4n) is 1.78. The minimum atomic E-state index is -0.502. The number of rotatable bonds is 3. The van der Waals surface area contributed by atoms with Crippen LogP contribution in [0, 0.1) is 4.77 Å². The Hall–Kier alpha value is -2.74. The zero-order valence-corrected chi connectivity index (χ0v) is 12.8. The Bertz CT molecular complexity index is 853. The summed E-state index contributed by atoms with van der Waals surface area (Å²) in [6, 6.07) is 8.50. The lowest BCUT2D eigenvalue weighted by atomic mass is 10.2. The largest absolute Gasteiger partial charge is 0.494 e. The van der Waals surface area contributed by atoms with E-state index in [0.29, 0.717) is 5.56 Å². The summed E-state index contributed by atoms with van der Waals surface area (Å²) in [7, 11) is 3.01. The second-order valence-electron chi connectivity index (χ2n) is 4.51. The van der Waals surface area contributed by atoms with E-state index in [0.717, 1.165) is 6.21 Å². The fraction of sp³-hybridized carbons (Fsp3) is 0.143. The number of hydrogen-bond donors (Lipinski definition) is 2. The SMILES string of the molecule is Cn1c(O)c(C=NNC(=O)c2ccccc2)c(=O)n(C)c1=S. The monoisotopic (exact) mass is 318 g/mol. The highest BCUT2D eigenvalue weighted by Crippen LogP contribution is 2.09. The maximum Gasteiger partial charge on any atom is 0.271 e. The molecule has 2 rings (SSSR count). The maximum atomic E-state index is 12.0. The summed E-state index contributed by atoms with van der Waals surface area (Å²) in [6.07, 6.45) is 1.09. The zero-order chi connectivity index (χ0) is 16.3. The Kier molecular flexibility index (Phi) is 4.52. The van der Waals surface area contributed by atoms with Gasteiger partial charge < -0.3 is 5.11 Å². The fourth-order valence-corrected chi connectivity index (χ4v) is 1.95. The van der Waals surface area contributed by atoms with Gasteiger partial charge in [0.15, 0.2) is 4.77 Å². The predicted octanol–water partition coefficient (Wildman–Crippen LogP) is 0.923. The molecule has 0 saturated heterocycles. The molecule has 0 unspecified atom stereocenters. The first-order valence-corrected chi connectivity index (χ1v) is 6.71. The lowest BCUT2D eigenvalue weighted by molar-refractivity contribution is 0.0955. The van der Waals surface area contributed by atoms with Crippen LogP contribution in [0.2, 0.25) is 0 Å². The summed E-state index contributed by atoms with van der Waals surface area (Å²) in [4.78, 5) is 23.8. The summed E-state index contributed by atoms with van der Waals surface area (Å²) in [5.41, 5.74) is 2.16. The number of aromatic nitrogens is 2. The number of nitrogens with one attached hydrogen (secondary N) is 1. The van der Waals surface area contributed by atoms with Crippen molar-refractivity contribution in [3.05, 3.63) is 56.6 Å². The van der Waals surface area contributed by atoms with E-state index in [9.17, 15) is 14.7 Å². The topological polar surface area (TPSA) is 88.6 Å². The smallest absolute Gasteiger partial charge is 0.271 e. The lowest BCUT2D eigenvalue weighted by Gasteiger charge is -2.09. The third kappa shape index (κ3) is 2.96. The highest BCUT2D eigenvalue weighted by molar-refractivity contribution is 7.71. The van der Waals surface area contributed by atoms with Gasteiger partial charge in [0.05, 0.1) is 6.21 Å². The molecule has 0 saturated carbocycles. The molecule has 1 aromatic heterocycles. The number of amides is 1. The summed E-state index contributed by atoms with van der Waals surface area (Å²) < 4.78 is 2.65. The van der Waals surface area contributed by atoms with Crippen LogP contribution in [0.5, 0.6) is 5.88 Å². The van der Waals surface area contributed by atoms with Crippen LogP contribution in [-0.2, 0) is 14.1 Å². The molecule has 0 radical (unpaired) electrons. The molecule has 0 bridgehead atoms. The molecule has 114 valence electrons. The molecule has 7 nitrogen and oxygen atoms in total. The van der Waals surface area contributed by atoms with Crippen molar-refractivity contribution >= 4 is 24.3 Å². The first kappa shape index (κ1) is 15.6. The zero-order valence-electron chi connectivity index (χ0n) is 12.0. The van der Waals surface area contributed by atoms with Crippen LogP contribution in [0.1, 0.15) is 15.9 Å². The summed E-state index contributed by atoms with van der Waals surface area (Å²) >= 11 is 5.00. The summed E-state index contributed by atoms with van der Waals surface area (Å²) in [5, 5.41) is 13.7. The molecule has 0 spiro atoms. The van der Waals surface area contributed by atoms with E-state index in [4.69, 9.17) is 12.2 Å². The van der Waals surface area contributed by atoms with Crippen LogP contribution in [-0.4, -0.2) is 26.4 Å². The number of carbonyl (C=O) groups is 1. The maximum absolute atomic E-state index is 12.0. The minimum Gasteiger partial charge on any atom is -0.494 e. The Morgan fingerprint density at radius 3 is 2.55 bits per heavy atom. The van der Waals surface area contributed by atoms with Crippen LogP contribution in [0.15, 0.2) is 40.2 Å². The van der Waals surface area contributed by atoms with Crippen LogP contribution < -0.4 is 11.0 Å². The molecule has 0 aliphatic heterocycles. The Balaban J connectivity index is 2.27. The van der Waals surface area contributed by atoms with Crippen molar-refractivity contribution in [2.75, 3.05) is 0 Å². The predicted molar refractivity (Wildman–Crippen MR) is 84.7 cm³/mol. The average molecular weight is 318 g/mol. The molecule has 1 heterocycles. The van der Waals surface area contributed by atoms with Crippen LogP contribution in [0.3, 0.4) is 0 Å². The first-order chi connectivity index (χ1) is 10.4. The number of hydrogen-bond acceptors (Lipinski definition) is 5. The summed E-state index contributed by atoms with van der Waals surface area (Å²) in [5.74, 6) is -0.733. The van der Waals surface area contributed by atoms with Crippen molar-refractivity contribution < 1.29 is 9.90 Å². The molecule has 2 N–H and O–H groups in total. The first-order valence-electron chi connectivity index (χ1n) is 6.31. The van der Waals surface area contributed by atoms with Crippen molar-refractivity contribution in [2.24, 2.45) is 19.2 Å². The third-order valence-electron chi connectivity index (χ3n) is 3.06. The quantitative estimate of drug-likeness (QED) is 0.500. The third-order valence-corrected chi connectivity index (χ3v) is 3.61. The van der Waals surface area contributed by atoms with Crippen LogP contribution >= 0.6 is 12.2 Å². The van der Waals surface area contributed by atoms with Gasteiger partial charge in [0, 0.05) is 19.7 Å². The van der Waals surface area contributed by atoms with Gasteiger partial charge in [-0.25, -0.2) is 5.43 Å². The molecule has 0 aliphatic carbocycles. The Morgan fingerprint density at radius 1 is 1.27 bits per heavy atom. The van der Waals surface area contributed by atoms with Gasteiger partial charge in [0.25, 0.3) is 11.5 Å². The normalized spacial score (nSPS) is 10.8. The van der Waals surface area contributed by atoms with E-state index in [2.05, 4.69) is 10.5 Å². The highest BCUT2D eigenvalue weighted by atomic mass is 32.1. The van der Waals surface area contributed by atoms with Gasteiger partial charge in [-0.2, -0.15) is 5.10 Å². The van der Waals surface area contributed by atoms with Crippen molar-refractivity contribution in [1.82, 2.24) is 14.6 Å². The van der Waals surface area contributed by atoms with E-state index < -0.39 is 11.5 Å². The molecule has 1 amide bonds. The van der Waals surface area contributed by atoms with Crippen LogP contribution in [0.25, 0.3) is 0 Å². The molecule has 1 aromatic carbocycles. The van der Waals surface area contributed by atoms with E-state index in [1.807, 2.05) is 0 Å². The number of aromatic hydroxyl groups is 1. The van der Waals surface area contributed by atoms with Gasteiger partial charge >= 0.3 is 0 Å². The molecular formula is C14H14N4O3S. The van der Waals surface area contributed by atoms with Gasteiger partial charge in [-0.1, -0.05) is 18.2 Å². The highest BCUT2D eigenvalue weighted by Gasteiger charge is 2.11. The van der Waals surface area contributed by atoms with Gasteiger partial charge in [0.1, 0.15) is 5.56 Å². The molecule has 2 aromatic rings. The second kappa shape index (κ2) is 6.35. The Morgan fingerprint density at radius 2 is 1.91 bits per heavy atom. The van der Waals surface area contributed by atoms with Crippen molar-refractivity contribution in [1.29, 1.82) is 0 Å². The molecule has 0 aliphatic rings. The van der Waals surface area contributed by atoms with Gasteiger partial charge in [-0.3, -0.25) is 18.7 Å². The molecule has 8 heteroatoms. The van der Waals surface area contributed by atoms with Gasteiger partial charge in [0.2, 0.25) is 5.88 Å². The summed E-state index contributed by atoms with van der Waals surface area (Å²) in [6.45, 7) is 0. The van der Waals surface area contributed by atoms with E-state index in [1.54, 1.807) is 30.3 Å². The van der Waals surface area contributed by atoms with E-state index >= 15 is 0 Å². The van der Waals surface area contributed by atoms with E-state index in [1.165, 1.54) is 23.2 Å². The molecule has 22 heavy (non-hydrogen) atoms. The number of hydrazone groups is 1. The van der Waals surface area contributed by atoms with Gasteiger partial charge in [-0.15, -0.1) is 0 Å². The van der Waals surface area contributed by atoms with Gasteiger partial charge in [-0.05, 0) is 24.4 Å². The van der Waals surface area contributed by atoms with Crippen molar-refractivity contribution in [2.45, 2.75) is 0 Å².